The van der Waals surface area contributed by atoms with Gasteiger partial charge >= 0.3 is 0 Å². The van der Waals surface area contributed by atoms with Gasteiger partial charge in [0.05, 0.1) is 0 Å². The fourth-order valence-electron chi connectivity index (χ4n) is 2.35. The number of halogens is 1. The van der Waals surface area contributed by atoms with E-state index in [4.69, 9.17) is 0 Å². The number of nitrogens with zero attached hydrogens (tertiary/aromatic N) is 1. The predicted octanol–water partition coefficient (Wildman–Crippen LogP) is 3.40. The first kappa shape index (κ1) is 13.1. The predicted molar refractivity (Wildman–Crippen MR) is 70.1 cm³/mol. The Kier molecular flexibility index (Phi) is 3.42. The highest BCUT2D eigenvalue weighted by Gasteiger charge is 2.28. The molecule has 1 aliphatic heterocycles. The van der Waals surface area contributed by atoms with E-state index in [-0.39, 0.29) is 11.7 Å². The molecule has 1 aromatic carbocycles. The van der Waals surface area contributed by atoms with Crippen LogP contribution >= 0.6 is 0 Å². The molecule has 98 valence electrons. The van der Waals surface area contributed by atoms with Crippen LogP contribution in [0.3, 0.4) is 0 Å². The number of likely N-dealkylation sites (tertiary alicyclic amines) is 1. The molecule has 2 rings (SSSR count). The van der Waals surface area contributed by atoms with Gasteiger partial charge in [-0.25, -0.2) is 4.39 Å². The van der Waals surface area contributed by atoms with Crippen molar-refractivity contribution >= 4 is 5.91 Å². The molecule has 1 aromatic rings. The Hall–Kier alpha value is -1.38. The van der Waals surface area contributed by atoms with Crippen LogP contribution in [-0.2, 0) is 0 Å². The third-order valence-electron chi connectivity index (χ3n) is 3.82. The zero-order valence-electron chi connectivity index (χ0n) is 11.3. The number of aryl methyl sites for hydroxylation is 1. The third kappa shape index (κ3) is 2.71. The summed E-state index contributed by atoms with van der Waals surface area (Å²) >= 11 is 0. The monoisotopic (exact) mass is 249 g/mol. The van der Waals surface area contributed by atoms with Crippen molar-refractivity contribution in [2.24, 2.45) is 5.41 Å². The van der Waals surface area contributed by atoms with E-state index < -0.39 is 0 Å². The Labute approximate surface area is 108 Å². The Balaban J connectivity index is 2.13. The van der Waals surface area contributed by atoms with Gasteiger partial charge in [0.1, 0.15) is 5.82 Å². The first-order chi connectivity index (χ1) is 8.39. The average molecular weight is 249 g/mol. The van der Waals surface area contributed by atoms with E-state index in [1.54, 1.807) is 13.0 Å². The van der Waals surface area contributed by atoms with Gasteiger partial charge in [-0.05, 0) is 48.9 Å². The van der Waals surface area contributed by atoms with Crippen LogP contribution in [0.15, 0.2) is 18.2 Å². The van der Waals surface area contributed by atoms with Crippen molar-refractivity contribution in [1.82, 2.24) is 4.90 Å². The van der Waals surface area contributed by atoms with E-state index >= 15 is 0 Å². The number of hydrogen-bond donors (Lipinski definition) is 0. The van der Waals surface area contributed by atoms with Gasteiger partial charge in [-0.3, -0.25) is 4.79 Å². The molecule has 1 amide bonds. The standard InChI is InChI=1S/C15H20FNO/c1-11-10-12(16)4-5-13(11)14(18)17-8-6-15(2,3)7-9-17/h4-5,10H,6-9H2,1-3H3. The Morgan fingerprint density at radius 1 is 1.28 bits per heavy atom. The van der Waals surface area contributed by atoms with E-state index in [0.29, 0.717) is 16.5 Å². The van der Waals surface area contributed by atoms with E-state index in [1.807, 2.05) is 4.90 Å². The molecule has 0 aliphatic carbocycles. The van der Waals surface area contributed by atoms with Crippen LogP contribution in [0.4, 0.5) is 4.39 Å². The molecule has 0 atom stereocenters. The number of amides is 1. The minimum Gasteiger partial charge on any atom is -0.339 e. The fourth-order valence-corrected chi connectivity index (χ4v) is 2.35. The average Bonchev–Trinajstić information content (AvgIpc) is 2.28. The van der Waals surface area contributed by atoms with Crippen molar-refractivity contribution in [3.8, 4) is 0 Å². The van der Waals surface area contributed by atoms with Gasteiger partial charge in [0.2, 0.25) is 0 Å². The van der Waals surface area contributed by atoms with Crippen molar-refractivity contribution in [1.29, 1.82) is 0 Å². The number of rotatable bonds is 1. The number of piperidine rings is 1. The number of hydrogen-bond acceptors (Lipinski definition) is 1. The number of benzene rings is 1. The summed E-state index contributed by atoms with van der Waals surface area (Å²) in [6.07, 6.45) is 2.05. The van der Waals surface area contributed by atoms with E-state index in [2.05, 4.69) is 13.8 Å². The highest BCUT2D eigenvalue weighted by Crippen LogP contribution is 2.30. The van der Waals surface area contributed by atoms with Crippen molar-refractivity contribution < 1.29 is 9.18 Å². The second-order valence-electron chi connectivity index (χ2n) is 5.92. The molecule has 2 nitrogen and oxygen atoms in total. The topological polar surface area (TPSA) is 20.3 Å². The maximum absolute atomic E-state index is 13.0. The maximum atomic E-state index is 13.0. The molecule has 1 saturated heterocycles. The SMILES string of the molecule is Cc1cc(F)ccc1C(=O)N1CCC(C)(C)CC1. The molecule has 3 heteroatoms. The highest BCUT2D eigenvalue weighted by molar-refractivity contribution is 5.95. The highest BCUT2D eigenvalue weighted by atomic mass is 19.1. The summed E-state index contributed by atoms with van der Waals surface area (Å²) in [6, 6.07) is 4.36. The zero-order valence-corrected chi connectivity index (χ0v) is 11.3. The summed E-state index contributed by atoms with van der Waals surface area (Å²) in [5.74, 6) is -0.258. The molecule has 18 heavy (non-hydrogen) atoms. The van der Waals surface area contributed by atoms with Crippen LogP contribution in [0.25, 0.3) is 0 Å². The summed E-state index contributed by atoms with van der Waals surface area (Å²) in [5, 5.41) is 0. The van der Waals surface area contributed by atoms with Crippen molar-refractivity contribution in [3.63, 3.8) is 0 Å². The van der Waals surface area contributed by atoms with Crippen molar-refractivity contribution in [3.05, 3.63) is 35.1 Å². The molecule has 0 saturated carbocycles. The molecule has 0 spiro atoms. The molecule has 0 bridgehead atoms. The maximum Gasteiger partial charge on any atom is 0.254 e. The van der Waals surface area contributed by atoms with E-state index in [0.717, 1.165) is 25.9 Å². The van der Waals surface area contributed by atoms with E-state index in [9.17, 15) is 9.18 Å². The van der Waals surface area contributed by atoms with Gasteiger partial charge in [0.15, 0.2) is 0 Å². The largest absolute Gasteiger partial charge is 0.339 e. The Morgan fingerprint density at radius 3 is 2.44 bits per heavy atom. The van der Waals surface area contributed by atoms with Crippen molar-refractivity contribution in [2.75, 3.05) is 13.1 Å². The number of carbonyl (C=O) groups is 1. The molecular weight excluding hydrogens is 229 g/mol. The smallest absolute Gasteiger partial charge is 0.254 e. The van der Waals surface area contributed by atoms with Crippen molar-refractivity contribution in [2.45, 2.75) is 33.6 Å². The number of carbonyl (C=O) groups excluding carboxylic acids is 1. The quantitative estimate of drug-likeness (QED) is 0.747. The Bertz CT molecular complexity index is 458. The lowest BCUT2D eigenvalue weighted by atomic mass is 9.82. The summed E-state index contributed by atoms with van der Waals surface area (Å²) < 4.78 is 13.0. The first-order valence-electron chi connectivity index (χ1n) is 6.44. The summed E-state index contributed by atoms with van der Waals surface area (Å²) in [6.45, 7) is 7.84. The molecule has 1 aliphatic rings. The minimum absolute atomic E-state index is 0.0306. The van der Waals surface area contributed by atoms with Crippen LogP contribution in [0.2, 0.25) is 0 Å². The summed E-state index contributed by atoms with van der Waals surface area (Å²) in [4.78, 5) is 14.2. The van der Waals surface area contributed by atoms with Gasteiger partial charge in [0.25, 0.3) is 5.91 Å². The second kappa shape index (κ2) is 4.71. The Morgan fingerprint density at radius 2 is 1.89 bits per heavy atom. The zero-order chi connectivity index (χ0) is 13.3. The normalized spacial score (nSPS) is 18.8. The summed E-state index contributed by atoms with van der Waals surface area (Å²) in [7, 11) is 0. The van der Waals surface area contributed by atoms with Crippen LogP contribution in [0.5, 0.6) is 0 Å². The van der Waals surface area contributed by atoms with Crippen LogP contribution in [-0.4, -0.2) is 23.9 Å². The van der Waals surface area contributed by atoms with Gasteiger partial charge in [-0.15, -0.1) is 0 Å². The lowest BCUT2D eigenvalue weighted by Gasteiger charge is -2.37. The van der Waals surface area contributed by atoms with Crippen LogP contribution in [0, 0.1) is 18.2 Å². The lowest BCUT2D eigenvalue weighted by Crippen LogP contribution is -2.41. The third-order valence-corrected chi connectivity index (χ3v) is 3.82. The molecular formula is C15H20FNO. The van der Waals surface area contributed by atoms with Gasteiger partial charge in [-0.1, -0.05) is 13.8 Å². The molecule has 0 unspecified atom stereocenters. The minimum atomic E-state index is -0.288. The van der Waals surface area contributed by atoms with Crippen LogP contribution in [0.1, 0.15) is 42.6 Å². The molecule has 0 N–H and O–H groups in total. The van der Waals surface area contributed by atoms with Gasteiger partial charge in [-0.2, -0.15) is 0 Å². The summed E-state index contributed by atoms with van der Waals surface area (Å²) in [5.41, 5.74) is 1.66. The first-order valence-corrected chi connectivity index (χ1v) is 6.44. The van der Waals surface area contributed by atoms with E-state index in [1.165, 1.54) is 12.1 Å². The fraction of sp³-hybridized carbons (Fsp3) is 0.533. The van der Waals surface area contributed by atoms with Crippen LogP contribution < -0.4 is 0 Å². The second-order valence-corrected chi connectivity index (χ2v) is 5.92. The van der Waals surface area contributed by atoms with Gasteiger partial charge in [0, 0.05) is 18.7 Å². The lowest BCUT2D eigenvalue weighted by molar-refractivity contribution is 0.0629. The van der Waals surface area contributed by atoms with Gasteiger partial charge < -0.3 is 4.90 Å². The molecule has 0 radical (unpaired) electrons. The molecule has 0 aromatic heterocycles. The molecule has 1 fully saturated rings. The molecule has 1 heterocycles.